The second-order valence-electron chi connectivity index (χ2n) is 9.58. The van der Waals surface area contributed by atoms with Crippen molar-refractivity contribution in [3.63, 3.8) is 0 Å². The average molecular weight is 514 g/mol. The first-order chi connectivity index (χ1) is 18.3. The molecule has 5 rings (SSSR count). The van der Waals surface area contributed by atoms with E-state index >= 15 is 0 Å². The first kappa shape index (κ1) is 25.3. The molecule has 0 radical (unpaired) electrons. The SMILES string of the molecule is C=C(C)c1cc(NC(=O)c2ccc(C)c(Oc3ncnc4cnc(N5CCCN(C)CC5)nc34)c2)n(C)n1. The van der Waals surface area contributed by atoms with Gasteiger partial charge in [-0.25, -0.2) is 15.0 Å². The normalized spacial score (nSPS) is 14.4. The second-order valence-corrected chi connectivity index (χ2v) is 9.58. The molecule has 0 atom stereocenters. The molecule has 0 aliphatic carbocycles. The molecule has 1 aliphatic rings. The Labute approximate surface area is 221 Å². The molecule has 1 aliphatic heterocycles. The molecule has 1 N–H and O–H groups in total. The minimum Gasteiger partial charge on any atom is -0.437 e. The molecule has 196 valence electrons. The fraction of sp³-hybridized carbons (Fsp3) is 0.333. The van der Waals surface area contributed by atoms with E-state index in [-0.39, 0.29) is 5.91 Å². The number of aromatic nitrogens is 6. The molecule has 0 bridgehead atoms. The van der Waals surface area contributed by atoms with Crippen molar-refractivity contribution in [1.82, 2.24) is 34.6 Å². The smallest absolute Gasteiger partial charge is 0.256 e. The molecule has 38 heavy (non-hydrogen) atoms. The lowest BCUT2D eigenvalue weighted by molar-refractivity contribution is 0.102. The number of carbonyl (C=O) groups is 1. The van der Waals surface area contributed by atoms with Gasteiger partial charge in [-0.15, -0.1) is 0 Å². The van der Waals surface area contributed by atoms with Gasteiger partial charge in [0.2, 0.25) is 11.8 Å². The fourth-order valence-corrected chi connectivity index (χ4v) is 4.23. The molecule has 0 unspecified atom stereocenters. The monoisotopic (exact) mass is 513 g/mol. The highest BCUT2D eigenvalue weighted by Gasteiger charge is 2.19. The fourth-order valence-electron chi connectivity index (χ4n) is 4.23. The molecule has 0 spiro atoms. The molecule has 3 aromatic heterocycles. The number of nitrogens with one attached hydrogen (secondary N) is 1. The summed E-state index contributed by atoms with van der Waals surface area (Å²) in [6.45, 7) is 11.4. The van der Waals surface area contributed by atoms with Crippen molar-refractivity contribution in [3.05, 3.63) is 60.2 Å². The summed E-state index contributed by atoms with van der Waals surface area (Å²) in [5, 5.41) is 7.27. The van der Waals surface area contributed by atoms with Crippen molar-refractivity contribution in [2.45, 2.75) is 20.3 Å². The van der Waals surface area contributed by atoms with Crippen LogP contribution in [0.5, 0.6) is 11.6 Å². The Hall–Kier alpha value is -4.38. The van der Waals surface area contributed by atoms with Gasteiger partial charge in [-0.05, 0) is 57.1 Å². The van der Waals surface area contributed by atoms with Crippen molar-refractivity contribution in [1.29, 1.82) is 0 Å². The number of hydrogen-bond acceptors (Lipinski definition) is 9. The van der Waals surface area contributed by atoms with E-state index < -0.39 is 0 Å². The number of nitrogens with zero attached hydrogens (tertiary/aromatic N) is 8. The van der Waals surface area contributed by atoms with Gasteiger partial charge in [0.05, 0.1) is 11.9 Å². The maximum Gasteiger partial charge on any atom is 0.256 e. The summed E-state index contributed by atoms with van der Waals surface area (Å²) in [6, 6.07) is 7.08. The number of anilines is 2. The minimum absolute atomic E-state index is 0.283. The number of likely N-dealkylation sites (N-methyl/N-ethyl adjacent to an activating group) is 1. The quantitative estimate of drug-likeness (QED) is 0.412. The first-order valence-corrected chi connectivity index (χ1v) is 12.5. The van der Waals surface area contributed by atoms with E-state index in [4.69, 9.17) is 9.72 Å². The van der Waals surface area contributed by atoms with Crippen LogP contribution in [-0.4, -0.2) is 73.8 Å². The Morgan fingerprint density at radius 3 is 2.71 bits per heavy atom. The zero-order valence-corrected chi connectivity index (χ0v) is 22.1. The highest BCUT2D eigenvalue weighted by atomic mass is 16.5. The van der Waals surface area contributed by atoms with Crippen LogP contribution in [0.1, 0.15) is 35.0 Å². The Kier molecular flexibility index (Phi) is 7.01. The molecule has 4 aromatic rings. The Balaban J connectivity index is 1.41. The number of rotatable bonds is 6. The lowest BCUT2D eigenvalue weighted by atomic mass is 10.1. The van der Waals surface area contributed by atoms with E-state index in [0.29, 0.717) is 40.0 Å². The summed E-state index contributed by atoms with van der Waals surface area (Å²) in [7, 11) is 3.89. The summed E-state index contributed by atoms with van der Waals surface area (Å²) in [5.41, 5.74) is 3.93. The van der Waals surface area contributed by atoms with Crippen LogP contribution in [-0.2, 0) is 7.05 Å². The van der Waals surface area contributed by atoms with Crippen LogP contribution < -0.4 is 15.0 Å². The van der Waals surface area contributed by atoms with Gasteiger partial charge in [-0.3, -0.25) is 9.48 Å². The maximum atomic E-state index is 13.1. The molecular formula is C27H31N9O2. The highest BCUT2D eigenvalue weighted by Crippen LogP contribution is 2.30. The standard InChI is InChI=1S/C27H31N9O2/c1-17(2)20-14-23(35(5)33-20)31-25(37)19-8-7-18(3)22(13-19)38-26-24-21(29-16-30-26)15-28-27(32-24)36-10-6-9-34(4)11-12-36/h7-8,13-16H,1,6,9-12H2,2-5H3,(H,31,37). The van der Waals surface area contributed by atoms with Crippen molar-refractivity contribution in [3.8, 4) is 11.6 Å². The van der Waals surface area contributed by atoms with Gasteiger partial charge in [-0.1, -0.05) is 12.6 Å². The molecule has 1 fully saturated rings. The first-order valence-electron chi connectivity index (χ1n) is 12.5. The zero-order chi connectivity index (χ0) is 26.8. The number of amides is 1. The van der Waals surface area contributed by atoms with Crippen LogP contribution in [0.2, 0.25) is 0 Å². The van der Waals surface area contributed by atoms with E-state index in [0.717, 1.165) is 49.4 Å². The van der Waals surface area contributed by atoms with E-state index in [1.807, 2.05) is 19.9 Å². The second kappa shape index (κ2) is 10.5. The topological polar surface area (TPSA) is 114 Å². The number of ether oxygens (including phenoxy) is 1. The van der Waals surface area contributed by atoms with Crippen LogP contribution in [0, 0.1) is 6.92 Å². The summed E-state index contributed by atoms with van der Waals surface area (Å²) >= 11 is 0. The molecular weight excluding hydrogens is 482 g/mol. The molecule has 1 saturated heterocycles. The summed E-state index contributed by atoms with van der Waals surface area (Å²) < 4.78 is 7.84. The van der Waals surface area contributed by atoms with Gasteiger partial charge in [0.1, 0.15) is 23.4 Å². The van der Waals surface area contributed by atoms with Crippen LogP contribution in [0.15, 0.2) is 43.4 Å². The third-order valence-electron chi connectivity index (χ3n) is 6.55. The number of fused-ring (bicyclic) bond motifs is 1. The lowest BCUT2D eigenvalue weighted by Gasteiger charge is -2.20. The number of allylic oxidation sites excluding steroid dienone is 1. The largest absolute Gasteiger partial charge is 0.437 e. The van der Waals surface area contributed by atoms with Gasteiger partial charge in [0.25, 0.3) is 5.91 Å². The number of carbonyl (C=O) groups excluding carboxylic acids is 1. The molecule has 1 amide bonds. The molecule has 11 heteroatoms. The van der Waals surface area contributed by atoms with Crippen LogP contribution >= 0.6 is 0 Å². The number of benzene rings is 1. The highest BCUT2D eigenvalue weighted by molar-refractivity contribution is 6.04. The van der Waals surface area contributed by atoms with Crippen molar-refractivity contribution >= 4 is 34.3 Å². The number of aryl methyl sites for hydroxylation is 2. The molecule has 0 saturated carbocycles. The minimum atomic E-state index is -0.283. The predicted molar refractivity (Wildman–Crippen MR) is 147 cm³/mol. The molecule has 4 heterocycles. The van der Waals surface area contributed by atoms with Crippen molar-refractivity contribution in [2.24, 2.45) is 7.05 Å². The Morgan fingerprint density at radius 2 is 1.92 bits per heavy atom. The summed E-state index contributed by atoms with van der Waals surface area (Å²) in [6.07, 6.45) is 4.16. The number of hydrogen-bond donors (Lipinski definition) is 1. The maximum absolute atomic E-state index is 13.1. The zero-order valence-electron chi connectivity index (χ0n) is 22.1. The van der Waals surface area contributed by atoms with Gasteiger partial charge in [0, 0.05) is 38.3 Å². The van der Waals surface area contributed by atoms with Crippen molar-refractivity contribution in [2.75, 3.05) is 43.4 Å². The van der Waals surface area contributed by atoms with Crippen LogP contribution in [0.3, 0.4) is 0 Å². The van der Waals surface area contributed by atoms with Gasteiger partial charge in [0.15, 0.2) is 5.52 Å². The van der Waals surface area contributed by atoms with E-state index in [9.17, 15) is 4.79 Å². The van der Waals surface area contributed by atoms with E-state index in [1.165, 1.54) is 6.33 Å². The van der Waals surface area contributed by atoms with Gasteiger partial charge in [-0.2, -0.15) is 10.1 Å². The molecule has 11 nitrogen and oxygen atoms in total. The third kappa shape index (κ3) is 5.32. The summed E-state index contributed by atoms with van der Waals surface area (Å²) in [5.74, 6) is 1.73. The Morgan fingerprint density at radius 1 is 1.08 bits per heavy atom. The summed E-state index contributed by atoms with van der Waals surface area (Å²) in [4.78, 5) is 35.5. The van der Waals surface area contributed by atoms with E-state index in [1.54, 1.807) is 36.1 Å². The average Bonchev–Trinajstić information content (AvgIpc) is 3.12. The van der Waals surface area contributed by atoms with Crippen LogP contribution in [0.4, 0.5) is 11.8 Å². The Bertz CT molecular complexity index is 1510. The predicted octanol–water partition coefficient (Wildman–Crippen LogP) is 3.68. The molecule has 1 aromatic carbocycles. The van der Waals surface area contributed by atoms with Gasteiger partial charge >= 0.3 is 0 Å². The van der Waals surface area contributed by atoms with Crippen molar-refractivity contribution < 1.29 is 9.53 Å². The van der Waals surface area contributed by atoms with Crippen LogP contribution in [0.25, 0.3) is 16.6 Å². The lowest BCUT2D eigenvalue weighted by Crippen LogP contribution is -2.30. The third-order valence-corrected chi connectivity index (χ3v) is 6.55. The van der Waals surface area contributed by atoms with E-state index in [2.05, 4.69) is 48.8 Å². The van der Waals surface area contributed by atoms with Gasteiger partial charge < -0.3 is 19.9 Å².